The van der Waals surface area contributed by atoms with Crippen molar-refractivity contribution in [2.45, 2.75) is 0 Å². The third-order valence-electron chi connectivity index (χ3n) is 1.91. The van der Waals surface area contributed by atoms with E-state index in [1.54, 1.807) is 0 Å². The SMILES string of the molecule is COc1cc(N)c(C(=O)CBr)cc1C#N. The molecule has 1 aromatic carbocycles. The number of benzene rings is 1. The predicted octanol–water partition coefficient (Wildman–Crippen LogP) is 1.73. The van der Waals surface area contributed by atoms with Crippen LogP contribution >= 0.6 is 15.9 Å². The largest absolute Gasteiger partial charge is 0.495 e. The van der Waals surface area contributed by atoms with E-state index in [0.29, 0.717) is 22.6 Å². The summed E-state index contributed by atoms with van der Waals surface area (Å²) in [6, 6.07) is 4.87. The number of nitrogens with two attached hydrogens (primary N) is 1. The number of ketones is 1. The molecule has 5 heteroatoms. The summed E-state index contributed by atoms with van der Waals surface area (Å²) < 4.78 is 4.96. The van der Waals surface area contributed by atoms with Crippen molar-refractivity contribution < 1.29 is 9.53 Å². The molecule has 0 saturated heterocycles. The van der Waals surface area contributed by atoms with Gasteiger partial charge in [-0.3, -0.25) is 4.79 Å². The maximum atomic E-state index is 11.4. The Morgan fingerprint density at radius 3 is 2.80 bits per heavy atom. The van der Waals surface area contributed by atoms with E-state index in [1.165, 1.54) is 19.2 Å². The van der Waals surface area contributed by atoms with Crippen LogP contribution in [0.1, 0.15) is 15.9 Å². The van der Waals surface area contributed by atoms with Crippen molar-refractivity contribution in [2.75, 3.05) is 18.2 Å². The first-order valence-corrected chi connectivity index (χ1v) is 5.23. The molecule has 2 N–H and O–H groups in total. The molecule has 1 aromatic rings. The summed E-state index contributed by atoms with van der Waals surface area (Å²) in [5.41, 5.74) is 6.62. The van der Waals surface area contributed by atoms with E-state index >= 15 is 0 Å². The molecule has 0 amide bonds. The molecule has 78 valence electrons. The summed E-state index contributed by atoms with van der Waals surface area (Å²) >= 11 is 3.05. The Balaban J connectivity index is 3.33. The van der Waals surface area contributed by atoms with E-state index in [0.717, 1.165) is 0 Å². The van der Waals surface area contributed by atoms with Crippen molar-refractivity contribution in [3.05, 3.63) is 23.3 Å². The maximum absolute atomic E-state index is 11.4. The van der Waals surface area contributed by atoms with Gasteiger partial charge in [-0.1, -0.05) is 15.9 Å². The van der Waals surface area contributed by atoms with Crippen molar-refractivity contribution >= 4 is 27.4 Å². The minimum atomic E-state index is -0.161. The Bertz CT molecular complexity index is 438. The van der Waals surface area contributed by atoms with Gasteiger partial charge in [0.25, 0.3) is 0 Å². The second-order valence-electron chi connectivity index (χ2n) is 2.81. The van der Waals surface area contributed by atoms with E-state index in [9.17, 15) is 4.79 Å². The van der Waals surface area contributed by atoms with Crippen molar-refractivity contribution in [1.29, 1.82) is 5.26 Å². The second kappa shape index (κ2) is 4.80. The number of methoxy groups -OCH3 is 1. The Morgan fingerprint density at radius 1 is 1.67 bits per heavy atom. The summed E-state index contributed by atoms with van der Waals surface area (Å²) in [5.74, 6) is 0.216. The van der Waals surface area contributed by atoms with Gasteiger partial charge in [0.15, 0.2) is 5.78 Å². The van der Waals surface area contributed by atoms with Crippen LogP contribution in [0.25, 0.3) is 0 Å². The summed E-state index contributed by atoms with van der Waals surface area (Å²) in [6.45, 7) is 0. The van der Waals surface area contributed by atoms with Crippen LogP contribution < -0.4 is 10.5 Å². The summed E-state index contributed by atoms with van der Waals surface area (Å²) in [4.78, 5) is 11.4. The van der Waals surface area contributed by atoms with Crippen LogP contribution in [0.15, 0.2) is 12.1 Å². The molecule has 4 nitrogen and oxygen atoms in total. The van der Waals surface area contributed by atoms with E-state index in [2.05, 4.69) is 15.9 Å². The highest BCUT2D eigenvalue weighted by Gasteiger charge is 2.13. The van der Waals surface area contributed by atoms with Gasteiger partial charge in [-0.25, -0.2) is 0 Å². The Hall–Kier alpha value is -1.54. The molecule has 0 aliphatic heterocycles. The number of nitrogen functional groups attached to an aromatic ring is 1. The van der Waals surface area contributed by atoms with E-state index in [4.69, 9.17) is 15.7 Å². The summed E-state index contributed by atoms with van der Waals surface area (Å²) in [7, 11) is 1.45. The molecular formula is C10H9BrN2O2. The van der Waals surface area contributed by atoms with Crippen LogP contribution in [0.3, 0.4) is 0 Å². The fraction of sp³-hybridized carbons (Fsp3) is 0.200. The number of carbonyl (C=O) groups excluding carboxylic acids is 1. The topological polar surface area (TPSA) is 76.1 Å². The number of halogens is 1. The standard InChI is InChI=1S/C10H9BrN2O2/c1-15-10-3-8(13)7(9(14)4-11)2-6(10)5-12/h2-3H,4,13H2,1H3. The molecule has 0 aliphatic rings. The lowest BCUT2D eigenvalue weighted by Gasteiger charge is -2.07. The average molecular weight is 269 g/mol. The molecule has 0 unspecified atom stereocenters. The van der Waals surface area contributed by atoms with Crippen molar-refractivity contribution in [2.24, 2.45) is 0 Å². The predicted molar refractivity (Wildman–Crippen MR) is 60.2 cm³/mol. The van der Waals surface area contributed by atoms with Gasteiger partial charge in [0.05, 0.1) is 18.0 Å². The van der Waals surface area contributed by atoms with Gasteiger partial charge in [-0.15, -0.1) is 0 Å². The molecule has 0 aromatic heterocycles. The highest BCUT2D eigenvalue weighted by molar-refractivity contribution is 9.09. The van der Waals surface area contributed by atoms with E-state index in [-0.39, 0.29) is 11.1 Å². The lowest BCUT2D eigenvalue weighted by atomic mass is 10.1. The maximum Gasteiger partial charge on any atom is 0.175 e. The van der Waals surface area contributed by atoms with E-state index < -0.39 is 0 Å². The number of hydrogen-bond donors (Lipinski definition) is 1. The molecular weight excluding hydrogens is 260 g/mol. The molecule has 0 bridgehead atoms. The van der Waals surface area contributed by atoms with Gasteiger partial charge in [0.2, 0.25) is 0 Å². The van der Waals surface area contributed by atoms with Crippen molar-refractivity contribution in [1.82, 2.24) is 0 Å². The molecule has 15 heavy (non-hydrogen) atoms. The van der Waals surface area contributed by atoms with Gasteiger partial charge < -0.3 is 10.5 Å². The zero-order valence-corrected chi connectivity index (χ0v) is 9.67. The first kappa shape index (κ1) is 11.5. The number of Topliss-reactive ketones (excluding diaryl/α,β-unsaturated/α-hetero) is 1. The molecule has 0 saturated carbocycles. The summed E-state index contributed by atoms with van der Waals surface area (Å²) in [5, 5.41) is 9.00. The van der Waals surface area contributed by atoms with Gasteiger partial charge in [0, 0.05) is 17.3 Å². The van der Waals surface area contributed by atoms with Crippen LogP contribution in [0.2, 0.25) is 0 Å². The normalized spacial score (nSPS) is 9.40. The lowest BCUT2D eigenvalue weighted by Crippen LogP contribution is -2.06. The molecule has 1 rings (SSSR count). The molecule has 0 heterocycles. The smallest absolute Gasteiger partial charge is 0.175 e. The highest BCUT2D eigenvalue weighted by Crippen LogP contribution is 2.25. The molecule has 0 atom stereocenters. The van der Waals surface area contributed by atoms with Crippen LogP contribution in [-0.4, -0.2) is 18.2 Å². The minimum absolute atomic E-state index is 0.161. The van der Waals surface area contributed by atoms with Crippen molar-refractivity contribution in [3.8, 4) is 11.8 Å². The van der Waals surface area contributed by atoms with Gasteiger partial charge in [0.1, 0.15) is 11.8 Å². The highest BCUT2D eigenvalue weighted by atomic mass is 79.9. The fourth-order valence-electron chi connectivity index (χ4n) is 1.17. The summed E-state index contributed by atoms with van der Waals surface area (Å²) in [6.07, 6.45) is 0. The van der Waals surface area contributed by atoms with E-state index in [1.807, 2.05) is 6.07 Å². The first-order chi connectivity index (χ1) is 7.13. The zero-order chi connectivity index (χ0) is 11.4. The number of ether oxygens (including phenoxy) is 1. The third-order valence-corrected chi connectivity index (χ3v) is 2.42. The van der Waals surface area contributed by atoms with Crippen LogP contribution in [0.5, 0.6) is 5.75 Å². The molecule has 0 aliphatic carbocycles. The lowest BCUT2D eigenvalue weighted by molar-refractivity contribution is 0.102. The Kier molecular flexibility index (Phi) is 3.69. The quantitative estimate of drug-likeness (QED) is 0.515. The van der Waals surface area contributed by atoms with Crippen LogP contribution in [0, 0.1) is 11.3 Å². The molecule has 0 fully saturated rings. The number of carbonyl (C=O) groups is 1. The number of rotatable bonds is 3. The Morgan fingerprint density at radius 2 is 2.33 bits per heavy atom. The number of nitrogens with zero attached hydrogens (tertiary/aromatic N) is 1. The monoisotopic (exact) mass is 268 g/mol. The minimum Gasteiger partial charge on any atom is -0.495 e. The molecule has 0 spiro atoms. The fourth-order valence-corrected chi connectivity index (χ4v) is 1.47. The number of anilines is 1. The van der Waals surface area contributed by atoms with Crippen molar-refractivity contribution in [3.63, 3.8) is 0 Å². The molecule has 0 radical (unpaired) electrons. The number of nitriles is 1. The zero-order valence-electron chi connectivity index (χ0n) is 8.08. The number of alkyl halides is 1. The van der Waals surface area contributed by atoms with Gasteiger partial charge >= 0.3 is 0 Å². The Labute approximate surface area is 95.8 Å². The second-order valence-corrected chi connectivity index (χ2v) is 3.37. The van der Waals surface area contributed by atoms with Gasteiger partial charge in [-0.2, -0.15) is 5.26 Å². The third kappa shape index (κ3) is 2.28. The first-order valence-electron chi connectivity index (χ1n) is 4.10. The van der Waals surface area contributed by atoms with Gasteiger partial charge in [-0.05, 0) is 6.07 Å². The number of hydrogen-bond acceptors (Lipinski definition) is 4. The van der Waals surface area contributed by atoms with Crippen LogP contribution in [0.4, 0.5) is 5.69 Å². The average Bonchev–Trinajstić information content (AvgIpc) is 2.27. The van der Waals surface area contributed by atoms with Crippen LogP contribution in [-0.2, 0) is 0 Å².